The van der Waals surface area contributed by atoms with Crippen molar-refractivity contribution in [1.82, 2.24) is 4.90 Å². The van der Waals surface area contributed by atoms with Gasteiger partial charge in [-0.3, -0.25) is 4.79 Å². The Labute approximate surface area is 126 Å². The fourth-order valence-electron chi connectivity index (χ4n) is 2.46. The zero-order valence-electron chi connectivity index (χ0n) is 11.9. The molecule has 1 aromatic carbocycles. The van der Waals surface area contributed by atoms with E-state index in [1.807, 2.05) is 29.2 Å². The van der Waals surface area contributed by atoms with E-state index in [0.717, 1.165) is 43.6 Å². The van der Waals surface area contributed by atoms with Crippen molar-refractivity contribution < 1.29 is 9.53 Å². The number of hydrogen-bond acceptors (Lipinski definition) is 3. The first kappa shape index (κ1) is 17.0. The Kier molecular flexibility index (Phi) is 6.99. The molecule has 0 aromatic heterocycles. The van der Waals surface area contributed by atoms with Crippen LogP contribution in [0.2, 0.25) is 0 Å². The number of hydrogen-bond donors (Lipinski definition) is 1. The summed E-state index contributed by atoms with van der Waals surface area (Å²) in [4.78, 5) is 14.3. The lowest BCUT2D eigenvalue weighted by molar-refractivity contribution is 0.0693. The second kappa shape index (κ2) is 8.25. The lowest BCUT2D eigenvalue weighted by Crippen LogP contribution is -2.40. The number of benzene rings is 1. The Morgan fingerprint density at radius 2 is 1.90 bits per heavy atom. The molecule has 1 aliphatic heterocycles. The van der Waals surface area contributed by atoms with E-state index in [4.69, 9.17) is 10.5 Å². The first-order chi connectivity index (χ1) is 9.24. The second-order valence-corrected chi connectivity index (χ2v) is 5.10. The molecular formula is C15H23ClN2O2. The standard InChI is InChI=1S/C15H22N2O2.ClH/c1-19-11-13-2-4-14(5-3-13)15(18)17-8-6-12(10-16)7-9-17;/h2-5,12H,6-11,16H2,1H3;1H. The summed E-state index contributed by atoms with van der Waals surface area (Å²) >= 11 is 0. The van der Waals surface area contributed by atoms with Gasteiger partial charge in [-0.25, -0.2) is 0 Å². The number of nitrogens with zero attached hydrogens (tertiary/aromatic N) is 1. The zero-order chi connectivity index (χ0) is 13.7. The molecule has 0 saturated carbocycles. The summed E-state index contributed by atoms with van der Waals surface area (Å²) in [5.74, 6) is 0.701. The van der Waals surface area contributed by atoms with Gasteiger partial charge in [-0.2, -0.15) is 0 Å². The first-order valence-electron chi connectivity index (χ1n) is 6.82. The molecule has 0 aliphatic carbocycles. The van der Waals surface area contributed by atoms with Gasteiger partial charge in [-0.05, 0) is 43.0 Å². The van der Waals surface area contributed by atoms with Crippen molar-refractivity contribution in [1.29, 1.82) is 0 Å². The summed E-state index contributed by atoms with van der Waals surface area (Å²) in [6.07, 6.45) is 2.04. The summed E-state index contributed by atoms with van der Waals surface area (Å²) in [5.41, 5.74) is 7.51. The molecule has 0 unspecified atom stereocenters. The number of carbonyl (C=O) groups excluding carboxylic acids is 1. The minimum atomic E-state index is 0. The van der Waals surface area contributed by atoms with E-state index >= 15 is 0 Å². The number of methoxy groups -OCH3 is 1. The average molecular weight is 299 g/mol. The van der Waals surface area contributed by atoms with Gasteiger partial charge >= 0.3 is 0 Å². The minimum Gasteiger partial charge on any atom is -0.380 e. The zero-order valence-corrected chi connectivity index (χ0v) is 12.7. The molecule has 1 saturated heterocycles. The number of rotatable bonds is 4. The molecule has 4 nitrogen and oxygen atoms in total. The molecule has 0 atom stereocenters. The number of halogens is 1. The third-order valence-corrected chi connectivity index (χ3v) is 3.75. The molecule has 1 heterocycles. The SMILES string of the molecule is COCc1ccc(C(=O)N2CCC(CN)CC2)cc1.Cl. The van der Waals surface area contributed by atoms with Crippen molar-refractivity contribution in [3.05, 3.63) is 35.4 Å². The topological polar surface area (TPSA) is 55.6 Å². The highest BCUT2D eigenvalue weighted by Gasteiger charge is 2.22. The molecule has 1 amide bonds. The highest BCUT2D eigenvalue weighted by Crippen LogP contribution is 2.18. The molecule has 112 valence electrons. The second-order valence-electron chi connectivity index (χ2n) is 5.10. The van der Waals surface area contributed by atoms with Crippen LogP contribution in [0.3, 0.4) is 0 Å². The molecule has 0 bridgehead atoms. The van der Waals surface area contributed by atoms with Crippen molar-refractivity contribution in [3.63, 3.8) is 0 Å². The molecule has 1 aliphatic rings. The summed E-state index contributed by atoms with van der Waals surface area (Å²) in [5, 5.41) is 0. The number of carbonyl (C=O) groups is 1. The van der Waals surface area contributed by atoms with Gasteiger partial charge in [-0.15, -0.1) is 12.4 Å². The van der Waals surface area contributed by atoms with E-state index in [0.29, 0.717) is 12.5 Å². The van der Waals surface area contributed by atoms with Crippen molar-refractivity contribution in [2.45, 2.75) is 19.4 Å². The van der Waals surface area contributed by atoms with Gasteiger partial charge in [0.2, 0.25) is 0 Å². The van der Waals surface area contributed by atoms with Gasteiger partial charge in [0.15, 0.2) is 0 Å². The number of likely N-dealkylation sites (tertiary alicyclic amines) is 1. The number of nitrogens with two attached hydrogens (primary N) is 1. The Bertz CT molecular complexity index is 414. The summed E-state index contributed by atoms with van der Waals surface area (Å²) in [6, 6.07) is 7.66. The average Bonchev–Trinajstić information content (AvgIpc) is 2.48. The van der Waals surface area contributed by atoms with Crippen molar-refractivity contribution in [3.8, 4) is 0 Å². The van der Waals surface area contributed by atoms with E-state index in [1.54, 1.807) is 7.11 Å². The minimum absolute atomic E-state index is 0. The maximum atomic E-state index is 12.3. The van der Waals surface area contributed by atoms with E-state index in [2.05, 4.69) is 0 Å². The van der Waals surface area contributed by atoms with Crippen LogP contribution in [0.25, 0.3) is 0 Å². The monoisotopic (exact) mass is 298 g/mol. The van der Waals surface area contributed by atoms with Crippen LogP contribution in [0.15, 0.2) is 24.3 Å². The maximum Gasteiger partial charge on any atom is 0.253 e. The molecule has 1 aromatic rings. The Morgan fingerprint density at radius 1 is 1.30 bits per heavy atom. The van der Waals surface area contributed by atoms with Crippen LogP contribution in [-0.4, -0.2) is 37.6 Å². The number of piperidine rings is 1. The predicted molar refractivity (Wildman–Crippen MR) is 82.1 cm³/mol. The van der Waals surface area contributed by atoms with Gasteiger partial charge in [0.25, 0.3) is 5.91 Å². The number of ether oxygens (including phenoxy) is 1. The molecule has 2 N–H and O–H groups in total. The Morgan fingerprint density at radius 3 is 2.40 bits per heavy atom. The van der Waals surface area contributed by atoms with Crippen molar-refractivity contribution in [2.24, 2.45) is 11.7 Å². The van der Waals surface area contributed by atoms with Crippen LogP contribution in [0.4, 0.5) is 0 Å². The summed E-state index contributed by atoms with van der Waals surface area (Å²) in [6.45, 7) is 2.95. The number of amides is 1. The largest absolute Gasteiger partial charge is 0.380 e. The smallest absolute Gasteiger partial charge is 0.253 e. The molecular weight excluding hydrogens is 276 g/mol. The third kappa shape index (κ3) is 4.20. The van der Waals surface area contributed by atoms with Crippen LogP contribution < -0.4 is 5.73 Å². The predicted octanol–water partition coefficient (Wildman–Crippen LogP) is 2.07. The molecule has 0 radical (unpaired) electrons. The Hall–Kier alpha value is -1.10. The fourth-order valence-corrected chi connectivity index (χ4v) is 2.46. The lowest BCUT2D eigenvalue weighted by atomic mass is 9.96. The molecule has 0 spiro atoms. The molecule has 5 heteroatoms. The molecule has 1 fully saturated rings. The Balaban J connectivity index is 0.00000200. The quantitative estimate of drug-likeness (QED) is 0.926. The van der Waals surface area contributed by atoms with E-state index in [9.17, 15) is 4.79 Å². The van der Waals surface area contributed by atoms with E-state index in [-0.39, 0.29) is 18.3 Å². The van der Waals surface area contributed by atoms with Gasteiger partial charge in [0, 0.05) is 25.8 Å². The molecule has 20 heavy (non-hydrogen) atoms. The van der Waals surface area contributed by atoms with E-state index < -0.39 is 0 Å². The van der Waals surface area contributed by atoms with Crippen molar-refractivity contribution in [2.75, 3.05) is 26.7 Å². The van der Waals surface area contributed by atoms with Gasteiger partial charge in [-0.1, -0.05) is 12.1 Å². The van der Waals surface area contributed by atoms with Crippen LogP contribution in [0.5, 0.6) is 0 Å². The van der Waals surface area contributed by atoms with Gasteiger partial charge in [0.05, 0.1) is 6.61 Å². The third-order valence-electron chi connectivity index (χ3n) is 3.75. The van der Waals surface area contributed by atoms with E-state index in [1.165, 1.54) is 0 Å². The summed E-state index contributed by atoms with van der Waals surface area (Å²) < 4.78 is 5.06. The van der Waals surface area contributed by atoms with Crippen LogP contribution in [-0.2, 0) is 11.3 Å². The van der Waals surface area contributed by atoms with Crippen molar-refractivity contribution >= 4 is 18.3 Å². The highest BCUT2D eigenvalue weighted by atomic mass is 35.5. The van der Waals surface area contributed by atoms with Gasteiger partial charge < -0.3 is 15.4 Å². The van der Waals surface area contributed by atoms with Crippen LogP contribution in [0, 0.1) is 5.92 Å². The normalized spacial score (nSPS) is 15.8. The first-order valence-corrected chi connectivity index (χ1v) is 6.82. The molecule has 2 rings (SSSR count). The fraction of sp³-hybridized carbons (Fsp3) is 0.533. The maximum absolute atomic E-state index is 12.3. The lowest BCUT2D eigenvalue weighted by Gasteiger charge is -2.31. The highest BCUT2D eigenvalue weighted by molar-refractivity contribution is 5.94. The summed E-state index contributed by atoms with van der Waals surface area (Å²) in [7, 11) is 1.67. The van der Waals surface area contributed by atoms with Gasteiger partial charge in [0.1, 0.15) is 0 Å². The van der Waals surface area contributed by atoms with Crippen LogP contribution in [0.1, 0.15) is 28.8 Å². The van der Waals surface area contributed by atoms with Crippen LogP contribution >= 0.6 is 12.4 Å².